The molecule has 0 saturated heterocycles. The number of unbranched alkanes of at least 4 members (excludes halogenated alkanes) is 8. The summed E-state index contributed by atoms with van der Waals surface area (Å²) in [5.41, 5.74) is 6.10. The van der Waals surface area contributed by atoms with Crippen LogP contribution in [0.1, 0.15) is 76.7 Å². The molecular formula is C23H36N2O5. The Morgan fingerprint density at radius 2 is 1.40 bits per heavy atom. The molecule has 0 aliphatic rings. The number of nitrogens with zero attached hydrogens (tertiary/aromatic N) is 1. The van der Waals surface area contributed by atoms with Gasteiger partial charge in [0.1, 0.15) is 11.8 Å². The molecule has 0 heterocycles. The van der Waals surface area contributed by atoms with Crippen molar-refractivity contribution >= 4 is 17.8 Å². The number of rotatable bonds is 15. The Morgan fingerprint density at radius 3 is 1.87 bits per heavy atom. The van der Waals surface area contributed by atoms with Crippen molar-refractivity contribution in [1.29, 1.82) is 0 Å². The Balaban J connectivity index is 2.47. The molecule has 1 atom stereocenters. The van der Waals surface area contributed by atoms with E-state index in [-0.39, 0.29) is 18.6 Å². The number of hydrogen-bond donors (Lipinski definition) is 3. The van der Waals surface area contributed by atoms with Crippen LogP contribution in [-0.4, -0.2) is 45.5 Å². The van der Waals surface area contributed by atoms with E-state index in [2.05, 4.69) is 0 Å². The molecule has 4 N–H and O–H groups in total. The highest BCUT2D eigenvalue weighted by Crippen LogP contribution is 2.17. The van der Waals surface area contributed by atoms with Gasteiger partial charge in [0.25, 0.3) is 0 Å². The van der Waals surface area contributed by atoms with Crippen molar-refractivity contribution in [3.8, 4) is 5.75 Å². The lowest BCUT2D eigenvalue weighted by molar-refractivity contribution is -0.157. The van der Waals surface area contributed by atoms with E-state index in [9.17, 15) is 24.6 Å². The number of aliphatic carboxylic acids is 1. The van der Waals surface area contributed by atoms with Gasteiger partial charge in [-0.3, -0.25) is 14.5 Å². The first-order chi connectivity index (χ1) is 14.4. The van der Waals surface area contributed by atoms with Crippen LogP contribution < -0.4 is 5.73 Å². The zero-order chi connectivity index (χ0) is 22.4. The number of nitrogens with two attached hydrogens (primary N) is 1. The number of hydrogen-bond acceptors (Lipinski definition) is 5. The number of aromatic hydroxyl groups is 1. The lowest BCUT2D eigenvalue weighted by Crippen LogP contribution is -2.48. The van der Waals surface area contributed by atoms with Crippen molar-refractivity contribution < 1.29 is 24.6 Å². The molecule has 0 aliphatic carbocycles. The van der Waals surface area contributed by atoms with E-state index in [4.69, 9.17) is 5.73 Å². The Bertz CT molecular complexity index is 660. The van der Waals surface area contributed by atoms with Gasteiger partial charge in [0.05, 0.1) is 0 Å². The summed E-state index contributed by atoms with van der Waals surface area (Å²) in [6, 6.07) is 4.82. The van der Waals surface area contributed by atoms with E-state index < -0.39 is 23.8 Å². The SMILES string of the molecule is CC(=O)N(C(=O)CCCCCCCCCCCN)C(Cc1ccc(O)cc1)C(=O)O. The maximum absolute atomic E-state index is 12.6. The minimum atomic E-state index is -1.26. The summed E-state index contributed by atoms with van der Waals surface area (Å²) in [6.45, 7) is 1.97. The van der Waals surface area contributed by atoms with Crippen LogP contribution in [-0.2, 0) is 20.8 Å². The molecule has 1 unspecified atom stereocenters. The molecule has 2 amide bonds. The number of benzene rings is 1. The van der Waals surface area contributed by atoms with Crippen molar-refractivity contribution in [2.45, 2.75) is 83.6 Å². The normalized spacial score (nSPS) is 11.8. The average molecular weight is 421 g/mol. The molecule has 7 nitrogen and oxygen atoms in total. The fourth-order valence-electron chi connectivity index (χ4n) is 3.49. The number of carbonyl (C=O) groups excluding carboxylic acids is 2. The highest BCUT2D eigenvalue weighted by molar-refractivity contribution is 5.98. The molecule has 0 saturated carbocycles. The van der Waals surface area contributed by atoms with Gasteiger partial charge in [-0.2, -0.15) is 0 Å². The van der Waals surface area contributed by atoms with Gasteiger partial charge in [0.15, 0.2) is 0 Å². The van der Waals surface area contributed by atoms with E-state index in [1.807, 2.05) is 0 Å². The highest BCUT2D eigenvalue weighted by Gasteiger charge is 2.32. The third-order valence-corrected chi connectivity index (χ3v) is 5.16. The van der Waals surface area contributed by atoms with Gasteiger partial charge in [-0.15, -0.1) is 0 Å². The predicted molar refractivity (Wildman–Crippen MR) is 116 cm³/mol. The minimum Gasteiger partial charge on any atom is -0.508 e. The van der Waals surface area contributed by atoms with E-state index in [1.54, 1.807) is 12.1 Å². The van der Waals surface area contributed by atoms with Gasteiger partial charge in [0, 0.05) is 19.8 Å². The molecule has 168 valence electrons. The van der Waals surface area contributed by atoms with Gasteiger partial charge in [-0.1, -0.05) is 57.1 Å². The van der Waals surface area contributed by atoms with Crippen molar-refractivity contribution in [2.24, 2.45) is 5.73 Å². The number of phenols is 1. The lowest BCUT2D eigenvalue weighted by atomic mass is 10.0. The molecule has 0 bridgehead atoms. The third kappa shape index (κ3) is 9.87. The molecule has 1 aromatic carbocycles. The zero-order valence-corrected chi connectivity index (χ0v) is 18.0. The Kier molecular flexibility index (Phi) is 12.4. The van der Waals surface area contributed by atoms with Gasteiger partial charge in [-0.05, 0) is 37.1 Å². The van der Waals surface area contributed by atoms with Crippen molar-refractivity contribution in [1.82, 2.24) is 4.90 Å². The quantitative estimate of drug-likeness (QED) is 0.373. The van der Waals surface area contributed by atoms with E-state index in [0.29, 0.717) is 12.0 Å². The maximum Gasteiger partial charge on any atom is 0.327 e. The van der Waals surface area contributed by atoms with Gasteiger partial charge >= 0.3 is 5.97 Å². The number of amides is 2. The standard InChI is InChI=1S/C23H36N2O5/c1-18(26)25(21(23(29)30)17-19-12-14-20(27)15-13-19)22(28)11-9-7-5-3-2-4-6-8-10-16-24/h12-15,21,27H,2-11,16-17,24H2,1H3,(H,29,30). The summed E-state index contributed by atoms with van der Waals surface area (Å²) < 4.78 is 0. The van der Waals surface area contributed by atoms with Crippen LogP contribution in [0.25, 0.3) is 0 Å². The van der Waals surface area contributed by atoms with Crippen molar-refractivity contribution in [3.63, 3.8) is 0 Å². The molecule has 1 rings (SSSR count). The fraction of sp³-hybridized carbons (Fsp3) is 0.609. The van der Waals surface area contributed by atoms with Gasteiger partial charge in [-0.25, -0.2) is 4.79 Å². The molecule has 0 aromatic heterocycles. The van der Waals surface area contributed by atoms with E-state index in [0.717, 1.165) is 37.1 Å². The van der Waals surface area contributed by atoms with Gasteiger partial charge in [0.2, 0.25) is 11.8 Å². The maximum atomic E-state index is 12.6. The topological polar surface area (TPSA) is 121 Å². The van der Waals surface area contributed by atoms with Crippen molar-refractivity contribution in [3.05, 3.63) is 29.8 Å². The second-order valence-corrected chi connectivity index (χ2v) is 7.73. The molecule has 1 aromatic rings. The molecule has 0 radical (unpaired) electrons. The summed E-state index contributed by atoms with van der Waals surface area (Å²) in [4.78, 5) is 37.3. The second-order valence-electron chi connectivity index (χ2n) is 7.73. The third-order valence-electron chi connectivity index (χ3n) is 5.16. The average Bonchev–Trinajstić information content (AvgIpc) is 2.70. The molecular weight excluding hydrogens is 384 g/mol. The lowest BCUT2D eigenvalue weighted by Gasteiger charge is -2.26. The van der Waals surface area contributed by atoms with Crippen LogP contribution in [0.3, 0.4) is 0 Å². The summed E-state index contributed by atoms with van der Waals surface area (Å²) in [5.74, 6) is -2.17. The Labute approximate surface area is 179 Å². The molecule has 0 fully saturated rings. The minimum absolute atomic E-state index is 0.00505. The molecule has 7 heteroatoms. The zero-order valence-electron chi connectivity index (χ0n) is 18.0. The molecule has 30 heavy (non-hydrogen) atoms. The van der Waals surface area contributed by atoms with E-state index >= 15 is 0 Å². The van der Waals surface area contributed by atoms with Crippen LogP contribution in [0.4, 0.5) is 0 Å². The summed E-state index contributed by atoms with van der Waals surface area (Å²) >= 11 is 0. The van der Waals surface area contributed by atoms with E-state index in [1.165, 1.54) is 44.7 Å². The predicted octanol–water partition coefficient (Wildman–Crippen LogP) is 3.62. The number of carboxylic acid groups (broad SMARTS) is 1. The Morgan fingerprint density at radius 1 is 0.900 bits per heavy atom. The summed E-state index contributed by atoms with van der Waals surface area (Å²) in [5, 5.41) is 19.0. The Hall–Kier alpha value is -2.41. The largest absolute Gasteiger partial charge is 0.508 e. The summed E-state index contributed by atoms with van der Waals surface area (Å²) in [6.07, 6.45) is 9.69. The fourth-order valence-corrected chi connectivity index (χ4v) is 3.49. The van der Waals surface area contributed by atoms with Crippen LogP contribution in [0.2, 0.25) is 0 Å². The van der Waals surface area contributed by atoms with Gasteiger partial charge < -0.3 is 15.9 Å². The number of imide groups is 1. The monoisotopic (exact) mass is 420 g/mol. The van der Waals surface area contributed by atoms with Crippen LogP contribution in [0, 0.1) is 0 Å². The second kappa shape index (κ2) is 14.6. The first-order valence-corrected chi connectivity index (χ1v) is 10.9. The van der Waals surface area contributed by atoms with Crippen LogP contribution >= 0.6 is 0 Å². The first kappa shape index (κ1) is 25.6. The highest BCUT2D eigenvalue weighted by atomic mass is 16.4. The number of carbonyl (C=O) groups is 3. The number of carboxylic acids is 1. The van der Waals surface area contributed by atoms with Crippen molar-refractivity contribution in [2.75, 3.05) is 6.54 Å². The van der Waals surface area contributed by atoms with Crippen LogP contribution in [0.15, 0.2) is 24.3 Å². The molecule has 0 spiro atoms. The number of phenolic OH excluding ortho intramolecular Hbond substituents is 1. The summed E-state index contributed by atoms with van der Waals surface area (Å²) in [7, 11) is 0. The molecule has 0 aliphatic heterocycles. The van der Waals surface area contributed by atoms with Crippen LogP contribution in [0.5, 0.6) is 5.75 Å². The first-order valence-electron chi connectivity index (χ1n) is 10.9. The smallest absolute Gasteiger partial charge is 0.327 e.